The number of benzene rings is 2. The number of hydrogen-bond acceptors (Lipinski definition) is 1. The maximum absolute atomic E-state index is 5.38. The number of rotatable bonds is 3. The molecule has 0 fully saturated rings. The molecule has 0 spiro atoms. The normalized spacial score (nSPS) is 10.6. The molecule has 1 heteroatoms. The number of hydrogen-bond donors (Lipinski definition) is 0. The smallest absolute Gasteiger partial charge is 0.0449 e. The van der Waals surface area contributed by atoms with Crippen molar-refractivity contribution in [2.75, 3.05) is 0 Å². The Morgan fingerprint density at radius 1 is 0.941 bits per heavy atom. The van der Waals surface area contributed by atoms with Gasteiger partial charge in [0, 0.05) is 4.86 Å². The van der Waals surface area contributed by atoms with Crippen LogP contribution in [-0.2, 0) is 0 Å². The van der Waals surface area contributed by atoms with Gasteiger partial charge in [0.05, 0.1) is 0 Å². The van der Waals surface area contributed by atoms with E-state index in [0.717, 1.165) is 10.4 Å². The summed E-state index contributed by atoms with van der Waals surface area (Å²) in [5.41, 5.74) is 3.52. The predicted octanol–water partition coefficient (Wildman–Crippen LogP) is 4.43. The van der Waals surface area contributed by atoms with E-state index in [1.807, 2.05) is 30.4 Å². The minimum Gasteiger partial charge on any atom is -0.0795 e. The van der Waals surface area contributed by atoms with E-state index in [1.165, 1.54) is 11.1 Å². The highest BCUT2D eigenvalue weighted by Gasteiger charge is 1.96. The van der Waals surface area contributed by atoms with Crippen LogP contribution >= 0.6 is 12.2 Å². The number of thiocarbonyl (C=S) groups is 1. The van der Waals surface area contributed by atoms with E-state index in [0.29, 0.717) is 0 Å². The summed E-state index contributed by atoms with van der Waals surface area (Å²) in [5, 5.41) is 0. The molecule has 0 bridgehead atoms. The summed E-state index contributed by atoms with van der Waals surface area (Å²) in [4.78, 5) is 0.869. The van der Waals surface area contributed by atoms with Crippen LogP contribution in [0, 0.1) is 6.92 Å². The molecule has 2 rings (SSSR count). The van der Waals surface area contributed by atoms with Crippen molar-refractivity contribution in [2.45, 2.75) is 6.92 Å². The van der Waals surface area contributed by atoms with Crippen LogP contribution in [0.15, 0.2) is 60.7 Å². The first-order valence-electron chi connectivity index (χ1n) is 5.60. The van der Waals surface area contributed by atoms with E-state index in [-0.39, 0.29) is 0 Å². The zero-order chi connectivity index (χ0) is 12.1. The van der Waals surface area contributed by atoms with Crippen molar-refractivity contribution in [2.24, 2.45) is 0 Å². The molecular formula is C16H14S. The molecule has 17 heavy (non-hydrogen) atoms. The summed E-state index contributed by atoms with van der Waals surface area (Å²) in [6, 6.07) is 18.5. The van der Waals surface area contributed by atoms with Crippen LogP contribution in [-0.4, -0.2) is 4.86 Å². The van der Waals surface area contributed by atoms with Crippen LogP contribution in [0.1, 0.15) is 16.7 Å². The molecule has 0 nitrogen and oxygen atoms in total. The Morgan fingerprint density at radius 2 is 1.59 bits per heavy atom. The molecule has 0 aliphatic carbocycles. The second kappa shape index (κ2) is 5.55. The Bertz CT molecular complexity index is 521. The molecule has 0 heterocycles. The van der Waals surface area contributed by atoms with Crippen molar-refractivity contribution in [3.05, 3.63) is 77.4 Å². The first-order chi connectivity index (χ1) is 8.25. The van der Waals surface area contributed by atoms with Crippen molar-refractivity contribution in [1.82, 2.24) is 0 Å². The van der Waals surface area contributed by atoms with Gasteiger partial charge in [0.15, 0.2) is 0 Å². The predicted molar refractivity (Wildman–Crippen MR) is 78.4 cm³/mol. The fourth-order valence-corrected chi connectivity index (χ4v) is 1.75. The first kappa shape index (κ1) is 11.7. The molecule has 0 amide bonds. The molecule has 0 aromatic heterocycles. The SMILES string of the molecule is Cc1ccc(C(=S)C=Cc2ccccc2)cc1. The molecule has 0 saturated heterocycles. The van der Waals surface area contributed by atoms with E-state index in [4.69, 9.17) is 12.2 Å². The zero-order valence-corrected chi connectivity index (χ0v) is 10.6. The molecule has 84 valence electrons. The summed E-state index contributed by atoms with van der Waals surface area (Å²) >= 11 is 5.38. The van der Waals surface area contributed by atoms with Crippen LogP contribution in [0.2, 0.25) is 0 Å². The lowest BCUT2D eigenvalue weighted by Gasteiger charge is -1.99. The molecule has 0 aliphatic rings. The molecule has 0 saturated carbocycles. The summed E-state index contributed by atoms with van der Waals surface area (Å²) in [7, 11) is 0. The maximum Gasteiger partial charge on any atom is 0.0449 e. The highest BCUT2D eigenvalue weighted by molar-refractivity contribution is 7.81. The standard InChI is InChI=1S/C16H14S/c1-13-7-10-15(11-8-13)16(17)12-9-14-5-3-2-4-6-14/h2-12H,1H3. The van der Waals surface area contributed by atoms with Gasteiger partial charge in [0.25, 0.3) is 0 Å². The Labute approximate surface area is 108 Å². The third-order valence-corrected chi connectivity index (χ3v) is 2.93. The molecule has 0 atom stereocenters. The van der Waals surface area contributed by atoms with E-state index < -0.39 is 0 Å². The average molecular weight is 238 g/mol. The minimum atomic E-state index is 0.869. The first-order valence-corrected chi connectivity index (χ1v) is 6.01. The summed E-state index contributed by atoms with van der Waals surface area (Å²) in [6.07, 6.45) is 4.03. The van der Waals surface area contributed by atoms with Crippen molar-refractivity contribution >= 4 is 23.2 Å². The van der Waals surface area contributed by atoms with E-state index >= 15 is 0 Å². The molecule has 0 radical (unpaired) electrons. The van der Waals surface area contributed by atoms with Crippen LogP contribution in [0.25, 0.3) is 6.08 Å². The summed E-state index contributed by atoms with van der Waals surface area (Å²) in [5.74, 6) is 0. The second-order valence-corrected chi connectivity index (χ2v) is 4.41. The Hall–Kier alpha value is -1.73. The van der Waals surface area contributed by atoms with E-state index in [9.17, 15) is 0 Å². The largest absolute Gasteiger partial charge is 0.0795 e. The molecule has 2 aromatic carbocycles. The van der Waals surface area contributed by atoms with Crippen molar-refractivity contribution in [3.8, 4) is 0 Å². The van der Waals surface area contributed by atoms with Gasteiger partial charge in [0.2, 0.25) is 0 Å². The third kappa shape index (κ3) is 3.36. The number of allylic oxidation sites excluding steroid dienone is 1. The minimum absolute atomic E-state index is 0.869. The Balaban J connectivity index is 2.12. The van der Waals surface area contributed by atoms with Gasteiger partial charge >= 0.3 is 0 Å². The molecule has 0 aliphatic heterocycles. The quantitative estimate of drug-likeness (QED) is 0.433. The Kier molecular flexibility index (Phi) is 3.84. The van der Waals surface area contributed by atoms with Crippen molar-refractivity contribution < 1.29 is 0 Å². The van der Waals surface area contributed by atoms with Gasteiger partial charge in [-0.05, 0) is 24.1 Å². The summed E-state index contributed by atoms with van der Waals surface area (Å²) in [6.45, 7) is 2.08. The molecule has 0 unspecified atom stereocenters. The molecule has 2 aromatic rings. The highest BCUT2D eigenvalue weighted by Crippen LogP contribution is 2.08. The zero-order valence-electron chi connectivity index (χ0n) is 9.76. The van der Waals surface area contributed by atoms with Crippen LogP contribution in [0.4, 0.5) is 0 Å². The second-order valence-electron chi connectivity index (χ2n) is 3.97. The topological polar surface area (TPSA) is 0 Å². The molecular weight excluding hydrogens is 224 g/mol. The monoisotopic (exact) mass is 238 g/mol. The van der Waals surface area contributed by atoms with Crippen LogP contribution < -0.4 is 0 Å². The van der Waals surface area contributed by atoms with Gasteiger partial charge in [-0.3, -0.25) is 0 Å². The fourth-order valence-electron chi connectivity index (χ4n) is 1.55. The maximum atomic E-state index is 5.38. The lowest BCUT2D eigenvalue weighted by molar-refractivity contribution is 1.47. The van der Waals surface area contributed by atoms with Gasteiger partial charge in [-0.1, -0.05) is 78.5 Å². The average Bonchev–Trinajstić information content (AvgIpc) is 2.38. The number of aryl methyl sites for hydroxylation is 1. The summed E-state index contributed by atoms with van der Waals surface area (Å²) < 4.78 is 0. The molecule has 0 N–H and O–H groups in total. The van der Waals surface area contributed by atoms with Gasteiger partial charge in [0.1, 0.15) is 0 Å². The van der Waals surface area contributed by atoms with Gasteiger partial charge in [-0.2, -0.15) is 0 Å². The lowest BCUT2D eigenvalue weighted by Crippen LogP contribution is -1.91. The van der Waals surface area contributed by atoms with Gasteiger partial charge in [-0.15, -0.1) is 0 Å². The fraction of sp³-hybridized carbons (Fsp3) is 0.0625. The van der Waals surface area contributed by atoms with E-state index in [1.54, 1.807) is 0 Å². The Morgan fingerprint density at radius 3 is 2.24 bits per heavy atom. The highest BCUT2D eigenvalue weighted by atomic mass is 32.1. The van der Waals surface area contributed by atoms with Crippen molar-refractivity contribution in [1.29, 1.82) is 0 Å². The van der Waals surface area contributed by atoms with Crippen LogP contribution in [0.5, 0.6) is 0 Å². The van der Waals surface area contributed by atoms with Gasteiger partial charge < -0.3 is 0 Å². The lowest BCUT2D eigenvalue weighted by atomic mass is 10.1. The van der Waals surface area contributed by atoms with Crippen LogP contribution in [0.3, 0.4) is 0 Å². The third-order valence-electron chi connectivity index (χ3n) is 2.56. The van der Waals surface area contributed by atoms with Crippen molar-refractivity contribution in [3.63, 3.8) is 0 Å². The van der Waals surface area contributed by atoms with E-state index in [2.05, 4.69) is 43.3 Å². The van der Waals surface area contributed by atoms with Gasteiger partial charge in [-0.25, -0.2) is 0 Å².